The summed E-state index contributed by atoms with van der Waals surface area (Å²) in [7, 11) is 0. The summed E-state index contributed by atoms with van der Waals surface area (Å²) >= 11 is 0. The number of benzene rings is 1. The van der Waals surface area contributed by atoms with Gasteiger partial charge in [-0.2, -0.15) is 0 Å². The molecule has 15 heavy (non-hydrogen) atoms. The van der Waals surface area contributed by atoms with Gasteiger partial charge in [0.1, 0.15) is 0 Å². The molecular formula is C12H11N3. The fourth-order valence-corrected chi connectivity index (χ4v) is 1.99. The van der Waals surface area contributed by atoms with E-state index in [-0.39, 0.29) is 6.04 Å². The number of anilines is 1. The maximum atomic E-state index is 4.41. The second-order valence-corrected chi connectivity index (χ2v) is 3.70. The van der Waals surface area contributed by atoms with Crippen LogP contribution in [0.3, 0.4) is 0 Å². The largest absolute Gasteiger partial charge is 0.376 e. The fourth-order valence-electron chi connectivity index (χ4n) is 1.99. The maximum Gasteiger partial charge on any atom is 0.0959 e. The van der Waals surface area contributed by atoms with Crippen LogP contribution < -0.4 is 5.32 Å². The first-order valence-electron chi connectivity index (χ1n) is 5.03. The van der Waals surface area contributed by atoms with Crippen LogP contribution in [0.25, 0.3) is 11.3 Å². The lowest BCUT2D eigenvalue weighted by atomic mass is 9.99. The molecule has 1 aromatic carbocycles. The van der Waals surface area contributed by atoms with Gasteiger partial charge in [0.2, 0.25) is 0 Å². The molecule has 0 saturated heterocycles. The Labute approximate surface area is 88.2 Å². The summed E-state index contributed by atoms with van der Waals surface area (Å²) in [6.45, 7) is 2.10. The molecule has 1 atom stereocenters. The van der Waals surface area contributed by atoms with E-state index in [2.05, 4.69) is 34.3 Å². The Bertz CT molecular complexity index is 508. The van der Waals surface area contributed by atoms with E-state index in [1.165, 1.54) is 0 Å². The molecule has 0 aliphatic carbocycles. The van der Waals surface area contributed by atoms with Crippen molar-refractivity contribution in [1.82, 2.24) is 9.97 Å². The van der Waals surface area contributed by atoms with Gasteiger partial charge in [-0.25, -0.2) is 0 Å². The van der Waals surface area contributed by atoms with Crippen LogP contribution in [0, 0.1) is 0 Å². The number of hydrogen-bond donors (Lipinski definition) is 1. The molecule has 3 heteroatoms. The second-order valence-electron chi connectivity index (χ2n) is 3.70. The molecule has 74 valence electrons. The number of nitrogens with zero attached hydrogens (tertiary/aromatic N) is 2. The van der Waals surface area contributed by atoms with Crippen LogP contribution in [0.4, 0.5) is 5.69 Å². The van der Waals surface area contributed by atoms with Gasteiger partial charge in [0, 0.05) is 23.6 Å². The van der Waals surface area contributed by atoms with E-state index in [1.807, 2.05) is 12.1 Å². The molecule has 1 aliphatic heterocycles. The Morgan fingerprint density at radius 1 is 1.13 bits per heavy atom. The number of para-hydroxylation sites is 1. The average molecular weight is 197 g/mol. The van der Waals surface area contributed by atoms with Crippen LogP contribution >= 0.6 is 0 Å². The number of rotatable bonds is 0. The van der Waals surface area contributed by atoms with Crippen LogP contribution in [0.2, 0.25) is 0 Å². The first kappa shape index (κ1) is 8.41. The number of hydrogen-bond acceptors (Lipinski definition) is 3. The van der Waals surface area contributed by atoms with Gasteiger partial charge >= 0.3 is 0 Å². The van der Waals surface area contributed by atoms with Crippen molar-refractivity contribution < 1.29 is 0 Å². The highest BCUT2D eigenvalue weighted by molar-refractivity contribution is 5.80. The summed E-state index contributed by atoms with van der Waals surface area (Å²) < 4.78 is 0. The Balaban J connectivity index is 2.30. The van der Waals surface area contributed by atoms with Gasteiger partial charge in [0.15, 0.2) is 0 Å². The third kappa shape index (κ3) is 1.20. The molecule has 0 fully saturated rings. The van der Waals surface area contributed by atoms with Crippen LogP contribution in [0.15, 0.2) is 36.7 Å². The molecule has 0 radical (unpaired) electrons. The summed E-state index contributed by atoms with van der Waals surface area (Å²) in [6.07, 6.45) is 3.48. The molecule has 1 aromatic heterocycles. The van der Waals surface area contributed by atoms with Crippen LogP contribution in [-0.4, -0.2) is 9.97 Å². The molecule has 1 N–H and O–H groups in total. The smallest absolute Gasteiger partial charge is 0.0959 e. The van der Waals surface area contributed by atoms with Gasteiger partial charge in [-0.15, -0.1) is 0 Å². The second kappa shape index (κ2) is 3.05. The SMILES string of the molecule is CC1Nc2ccccc2-c2nccnc21. The Kier molecular flexibility index (Phi) is 1.71. The van der Waals surface area contributed by atoms with E-state index in [9.17, 15) is 0 Å². The lowest BCUT2D eigenvalue weighted by Gasteiger charge is -2.24. The molecule has 3 nitrogen and oxygen atoms in total. The summed E-state index contributed by atoms with van der Waals surface area (Å²) in [4.78, 5) is 8.78. The molecule has 0 bridgehead atoms. The number of aromatic nitrogens is 2. The molecule has 0 amide bonds. The molecule has 1 unspecified atom stereocenters. The zero-order chi connectivity index (χ0) is 10.3. The predicted octanol–water partition coefficient (Wildman–Crippen LogP) is 2.63. The van der Waals surface area contributed by atoms with Crippen molar-refractivity contribution >= 4 is 5.69 Å². The normalized spacial score (nSPS) is 17.5. The van der Waals surface area contributed by atoms with Crippen molar-refractivity contribution in [3.05, 3.63) is 42.4 Å². The summed E-state index contributed by atoms with van der Waals surface area (Å²) in [5.41, 5.74) is 4.30. The molecule has 2 heterocycles. The predicted molar refractivity (Wildman–Crippen MR) is 59.5 cm³/mol. The van der Waals surface area contributed by atoms with Gasteiger partial charge in [-0.3, -0.25) is 9.97 Å². The lowest BCUT2D eigenvalue weighted by molar-refractivity contribution is 0.820. The van der Waals surface area contributed by atoms with E-state index >= 15 is 0 Å². The summed E-state index contributed by atoms with van der Waals surface area (Å²) in [5.74, 6) is 0. The van der Waals surface area contributed by atoms with Crippen molar-refractivity contribution in [2.45, 2.75) is 13.0 Å². The Morgan fingerprint density at radius 2 is 1.93 bits per heavy atom. The van der Waals surface area contributed by atoms with Gasteiger partial charge in [-0.05, 0) is 13.0 Å². The minimum absolute atomic E-state index is 0.226. The molecule has 3 rings (SSSR count). The van der Waals surface area contributed by atoms with E-state index in [1.54, 1.807) is 12.4 Å². The van der Waals surface area contributed by atoms with Crippen molar-refractivity contribution in [1.29, 1.82) is 0 Å². The first-order valence-corrected chi connectivity index (χ1v) is 5.03. The maximum absolute atomic E-state index is 4.41. The van der Waals surface area contributed by atoms with Crippen LogP contribution in [0.5, 0.6) is 0 Å². The third-order valence-electron chi connectivity index (χ3n) is 2.69. The van der Waals surface area contributed by atoms with Gasteiger partial charge in [0.25, 0.3) is 0 Å². The lowest BCUT2D eigenvalue weighted by Crippen LogP contribution is -2.16. The highest BCUT2D eigenvalue weighted by atomic mass is 15.0. The minimum Gasteiger partial charge on any atom is -0.376 e. The minimum atomic E-state index is 0.226. The fraction of sp³-hybridized carbons (Fsp3) is 0.167. The zero-order valence-electron chi connectivity index (χ0n) is 8.44. The van der Waals surface area contributed by atoms with Crippen molar-refractivity contribution in [2.75, 3.05) is 5.32 Å². The quantitative estimate of drug-likeness (QED) is 0.705. The van der Waals surface area contributed by atoms with Gasteiger partial charge < -0.3 is 5.32 Å². The highest BCUT2D eigenvalue weighted by Gasteiger charge is 2.22. The molecular weight excluding hydrogens is 186 g/mol. The van der Waals surface area contributed by atoms with Crippen LogP contribution in [-0.2, 0) is 0 Å². The Hall–Kier alpha value is -1.90. The molecule has 2 aromatic rings. The topological polar surface area (TPSA) is 37.8 Å². The van der Waals surface area contributed by atoms with Crippen molar-refractivity contribution in [3.8, 4) is 11.3 Å². The summed E-state index contributed by atoms with van der Waals surface area (Å²) in [5, 5.41) is 3.41. The Morgan fingerprint density at radius 3 is 2.87 bits per heavy atom. The van der Waals surface area contributed by atoms with E-state index in [4.69, 9.17) is 0 Å². The molecule has 1 aliphatic rings. The number of nitrogens with one attached hydrogen (secondary N) is 1. The third-order valence-corrected chi connectivity index (χ3v) is 2.69. The standard InChI is InChI=1S/C12H11N3/c1-8-11-12(14-7-6-13-11)9-4-2-3-5-10(9)15-8/h2-8,15H,1H3. The van der Waals surface area contributed by atoms with Gasteiger partial charge in [0.05, 0.1) is 17.4 Å². The monoisotopic (exact) mass is 197 g/mol. The zero-order valence-corrected chi connectivity index (χ0v) is 8.44. The van der Waals surface area contributed by atoms with Crippen molar-refractivity contribution in [2.24, 2.45) is 0 Å². The molecule has 0 spiro atoms. The molecule has 0 saturated carbocycles. The van der Waals surface area contributed by atoms with Crippen molar-refractivity contribution in [3.63, 3.8) is 0 Å². The van der Waals surface area contributed by atoms with Gasteiger partial charge in [-0.1, -0.05) is 18.2 Å². The number of fused-ring (bicyclic) bond motifs is 3. The summed E-state index contributed by atoms with van der Waals surface area (Å²) in [6, 6.07) is 8.42. The first-order chi connectivity index (χ1) is 7.36. The van der Waals surface area contributed by atoms with E-state index in [0.717, 1.165) is 22.6 Å². The van der Waals surface area contributed by atoms with E-state index < -0.39 is 0 Å². The van der Waals surface area contributed by atoms with E-state index in [0.29, 0.717) is 0 Å². The van der Waals surface area contributed by atoms with Crippen LogP contribution in [0.1, 0.15) is 18.7 Å². The average Bonchev–Trinajstić information content (AvgIpc) is 2.30. The highest BCUT2D eigenvalue weighted by Crippen LogP contribution is 2.37.